The van der Waals surface area contributed by atoms with Crippen LogP contribution in [0.4, 0.5) is 0 Å². The van der Waals surface area contributed by atoms with Gasteiger partial charge in [0.05, 0.1) is 6.04 Å². The first-order chi connectivity index (χ1) is 6.97. The second-order valence-electron chi connectivity index (χ2n) is 4.53. The van der Waals surface area contributed by atoms with E-state index >= 15 is 0 Å². The molecule has 2 N–H and O–H groups in total. The summed E-state index contributed by atoms with van der Waals surface area (Å²) in [7, 11) is 3.62. The van der Waals surface area contributed by atoms with Gasteiger partial charge in [0.1, 0.15) is 0 Å². The number of hydrogen-bond acceptors (Lipinski definition) is 4. The van der Waals surface area contributed by atoms with Gasteiger partial charge in [0, 0.05) is 31.9 Å². The van der Waals surface area contributed by atoms with Gasteiger partial charge in [0.15, 0.2) is 0 Å². The lowest BCUT2D eigenvalue weighted by Crippen LogP contribution is -2.45. The van der Waals surface area contributed by atoms with E-state index in [1.54, 1.807) is 4.90 Å². The lowest BCUT2D eigenvalue weighted by Gasteiger charge is -2.28. The van der Waals surface area contributed by atoms with Gasteiger partial charge in [-0.3, -0.25) is 14.8 Å². The maximum absolute atomic E-state index is 12.0. The molecule has 2 unspecified atom stereocenters. The summed E-state index contributed by atoms with van der Waals surface area (Å²) in [6.07, 6.45) is 0.871. The van der Waals surface area contributed by atoms with Crippen molar-refractivity contribution < 1.29 is 4.79 Å². The summed E-state index contributed by atoms with van der Waals surface area (Å²) >= 11 is 1.37. The van der Waals surface area contributed by atoms with Crippen molar-refractivity contribution in [3.05, 3.63) is 0 Å². The van der Waals surface area contributed by atoms with Crippen molar-refractivity contribution in [2.45, 2.75) is 37.6 Å². The molecule has 1 amide bonds. The van der Waals surface area contributed by atoms with Gasteiger partial charge in [0.25, 0.3) is 0 Å². The monoisotopic (exact) mass is 231 g/mol. The molecule has 0 aromatic rings. The number of hydrogen-bond donors (Lipinski definition) is 1. The molecule has 88 valence electrons. The summed E-state index contributed by atoms with van der Waals surface area (Å²) < 4.78 is 0. The predicted octanol–water partition coefficient (Wildman–Crippen LogP) is 0.533. The van der Waals surface area contributed by atoms with Crippen LogP contribution in [0.1, 0.15) is 20.3 Å². The summed E-state index contributed by atoms with van der Waals surface area (Å²) in [5, 5.41) is 5.99. The Morgan fingerprint density at radius 3 is 2.53 bits per heavy atom. The zero-order chi connectivity index (χ0) is 11.6. The molecule has 4 nitrogen and oxygen atoms in total. The van der Waals surface area contributed by atoms with E-state index in [-0.39, 0.29) is 11.9 Å². The second-order valence-corrected chi connectivity index (χ2v) is 5.47. The molecule has 0 radical (unpaired) electrons. The summed E-state index contributed by atoms with van der Waals surface area (Å²) in [5.41, 5.74) is 0. The summed E-state index contributed by atoms with van der Waals surface area (Å²) in [4.78, 5) is 15.9. The Kier molecular flexibility index (Phi) is 4.43. The van der Waals surface area contributed by atoms with Gasteiger partial charge < -0.3 is 4.90 Å². The van der Waals surface area contributed by atoms with Crippen LogP contribution in [0.25, 0.3) is 0 Å². The Morgan fingerprint density at radius 2 is 2.13 bits per heavy atom. The van der Waals surface area contributed by atoms with Gasteiger partial charge in [-0.1, -0.05) is 11.9 Å². The smallest absolute Gasteiger partial charge is 0.239 e. The fourth-order valence-electron chi connectivity index (χ4n) is 2.03. The quantitative estimate of drug-likeness (QED) is 0.720. The average Bonchev–Trinajstić information content (AvgIpc) is 2.60. The van der Waals surface area contributed by atoms with E-state index in [1.165, 1.54) is 11.9 Å². The Labute approximate surface area is 96.3 Å². The standard InChI is InChI=1S/C10H21N3OS/c1-7(2)13-6-8(15-11)5-9(13)10(14)12(3)4/h7-9H,5-6,11H2,1-4H3. The van der Waals surface area contributed by atoms with Crippen LogP contribution in [-0.2, 0) is 4.79 Å². The van der Waals surface area contributed by atoms with Gasteiger partial charge in [-0.25, -0.2) is 0 Å². The van der Waals surface area contributed by atoms with E-state index in [9.17, 15) is 4.79 Å². The van der Waals surface area contributed by atoms with E-state index in [2.05, 4.69) is 18.7 Å². The number of amides is 1. The van der Waals surface area contributed by atoms with Crippen molar-refractivity contribution in [2.75, 3.05) is 20.6 Å². The number of nitrogens with zero attached hydrogens (tertiary/aromatic N) is 2. The van der Waals surface area contributed by atoms with E-state index in [1.807, 2.05) is 14.1 Å². The van der Waals surface area contributed by atoms with Crippen LogP contribution in [-0.4, -0.2) is 53.7 Å². The van der Waals surface area contributed by atoms with Crippen LogP contribution in [0.5, 0.6) is 0 Å². The highest BCUT2D eigenvalue weighted by molar-refractivity contribution is 7.97. The molecule has 1 heterocycles. The van der Waals surface area contributed by atoms with E-state index in [0.717, 1.165) is 13.0 Å². The molecular weight excluding hydrogens is 210 g/mol. The van der Waals surface area contributed by atoms with Crippen LogP contribution in [0, 0.1) is 0 Å². The largest absolute Gasteiger partial charge is 0.347 e. The normalized spacial score (nSPS) is 27.3. The third kappa shape index (κ3) is 2.86. The minimum atomic E-state index is 0.0149. The van der Waals surface area contributed by atoms with Gasteiger partial charge in [-0.2, -0.15) is 0 Å². The van der Waals surface area contributed by atoms with Crippen molar-refractivity contribution in [1.82, 2.24) is 9.80 Å². The molecule has 0 bridgehead atoms. The lowest BCUT2D eigenvalue weighted by atomic mass is 10.2. The maximum Gasteiger partial charge on any atom is 0.239 e. The molecule has 1 aliphatic rings. The van der Waals surface area contributed by atoms with Crippen LogP contribution in [0.15, 0.2) is 0 Å². The molecule has 15 heavy (non-hydrogen) atoms. The first-order valence-electron chi connectivity index (χ1n) is 5.29. The van der Waals surface area contributed by atoms with Gasteiger partial charge in [0.2, 0.25) is 5.91 Å². The SMILES string of the molecule is CC(C)N1CC(SN)CC1C(=O)N(C)C. The Bertz CT molecular complexity index is 233. The number of likely N-dealkylation sites (N-methyl/N-ethyl adjacent to an activating group) is 1. The third-order valence-electron chi connectivity index (χ3n) is 2.88. The number of nitrogens with two attached hydrogens (primary N) is 1. The third-order valence-corrected chi connectivity index (χ3v) is 3.61. The van der Waals surface area contributed by atoms with Crippen molar-refractivity contribution in [2.24, 2.45) is 5.14 Å². The Morgan fingerprint density at radius 1 is 1.53 bits per heavy atom. The first kappa shape index (κ1) is 12.8. The molecule has 5 heteroatoms. The van der Waals surface area contributed by atoms with Crippen LogP contribution < -0.4 is 5.14 Å². The van der Waals surface area contributed by atoms with Gasteiger partial charge in [-0.15, -0.1) is 0 Å². The molecular formula is C10H21N3OS. The van der Waals surface area contributed by atoms with E-state index in [4.69, 9.17) is 5.14 Å². The van der Waals surface area contributed by atoms with Crippen molar-refractivity contribution in [1.29, 1.82) is 0 Å². The highest BCUT2D eigenvalue weighted by Gasteiger charge is 2.38. The van der Waals surface area contributed by atoms with Gasteiger partial charge in [-0.05, 0) is 20.3 Å². The summed E-state index contributed by atoms with van der Waals surface area (Å²) in [5.74, 6) is 0.195. The molecule has 0 aliphatic carbocycles. The second kappa shape index (κ2) is 5.18. The summed E-state index contributed by atoms with van der Waals surface area (Å²) in [6, 6.07) is 0.414. The van der Waals surface area contributed by atoms with Crippen LogP contribution in [0.3, 0.4) is 0 Å². The van der Waals surface area contributed by atoms with Crippen molar-refractivity contribution in [3.8, 4) is 0 Å². The number of likely N-dealkylation sites (tertiary alicyclic amines) is 1. The van der Waals surface area contributed by atoms with E-state index in [0.29, 0.717) is 11.3 Å². The van der Waals surface area contributed by atoms with Crippen molar-refractivity contribution >= 4 is 17.9 Å². The molecule has 0 aromatic carbocycles. The molecule has 1 fully saturated rings. The molecule has 2 atom stereocenters. The lowest BCUT2D eigenvalue weighted by molar-refractivity contribution is -0.133. The predicted molar refractivity (Wildman–Crippen MR) is 64.5 cm³/mol. The topological polar surface area (TPSA) is 49.6 Å². The fraction of sp³-hybridized carbons (Fsp3) is 0.900. The van der Waals surface area contributed by atoms with E-state index < -0.39 is 0 Å². The van der Waals surface area contributed by atoms with Crippen LogP contribution >= 0.6 is 11.9 Å². The van der Waals surface area contributed by atoms with Crippen LogP contribution in [0.2, 0.25) is 0 Å². The number of rotatable bonds is 3. The number of carbonyl (C=O) groups is 1. The Balaban J connectivity index is 2.72. The molecule has 1 aliphatic heterocycles. The average molecular weight is 231 g/mol. The van der Waals surface area contributed by atoms with Gasteiger partial charge >= 0.3 is 0 Å². The molecule has 0 aromatic heterocycles. The van der Waals surface area contributed by atoms with Crippen molar-refractivity contribution in [3.63, 3.8) is 0 Å². The zero-order valence-corrected chi connectivity index (χ0v) is 10.8. The molecule has 1 saturated heterocycles. The first-order valence-corrected chi connectivity index (χ1v) is 6.24. The fourth-order valence-corrected chi connectivity index (χ4v) is 2.58. The zero-order valence-electron chi connectivity index (χ0n) is 9.93. The molecule has 0 spiro atoms. The summed E-state index contributed by atoms with van der Waals surface area (Å²) in [6.45, 7) is 5.17. The maximum atomic E-state index is 12.0. The number of carbonyl (C=O) groups excluding carboxylic acids is 1. The highest BCUT2D eigenvalue weighted by atomic mass is 32.2. The Hall–Kier alpha value is -0.260. The highest BCUT2D eigenvalue weighted by Crippen LogP contribution is 2.27. The minimum Gasteiger partial charge on any atom is -0.347 e. The molecule has 0 saturated carbocycles. The molecule has 1 rings (SSSR count). The minimum absolute atomic E-state index is 0.0149.